The fourth-order valence-electron chi connectivity index (χ4n) is 5.06. The second-order valence-electron chi connectivity index (χ2n) is 9.63. The number of rotatable bonds is 6. The van der Waals surface area contributed by atoms with Crippen molar-refractivity contribution in [2.24, 2.45) is 0 Å². The third kappa shape index (κ3) is 6.41. The van der Waals surface area contributed by atoms with E-state index in [4.69, 9.17) is 4.74 Å². The van der Waals surface area contributed by atoms with E-state index in [0.717, 1.165) is 68.9 Å². The second kappa shape index (κ2) is 10.9. The SMILES string of the molecule is Cc1cccc(NC(=O)N[C@H]2CC[C@@H](N3CCN(c4ccccc4OC(C)C)CC3)CC2)c1. The Balaban J connectivity index is 1.22. The Labute approximate surface area is 198 Å². The highest BCUT2D eigenvalue weighted by atomic mass is 16.5. The minimum absolute atomic E-state index is 0.0973. The monoisotopic (exact) mass is 450 g/mol. The number of nitrogens with zero attached hydrogens (tertiary/aromatic N) is 2. The van der Waals surface area contributed by atoms with E-state index < -0.39 is 0 Å². The zero-order valence-electron chi connectivity index (χ0n) is 20.2. The first kappa shape index (κ1) is 23.4. The van der Waals surface area contributed by atoms with Gasteiger partial charge in [-0.2, -0.15) is 0 Å². The molecule has 2 aromatic carbocycles. The standard InChI is InChI=1S/C27H38N4O2/c1-20(2)33-26-10-5-4-9-25(26)31-17-15-30(16-18-31)24-13-11-22(12-14-24)28-27(32)29-23-8-6-7-21(3)19-23/h4-10,19-20,22,24H,11-18H2,1-3H3,(H2,28,29,32)/t22-,24+. The zero-order valence-corrected chi connectivity index (χ0v) is 20.2. The van der Waals surface area contributed by atoms with E-state index in [1.54, 1.807) is 0 Å². The van der Waals surface area contributed by atoms with Crippen LogP contribution in [0.2, 0.25) is 0 Å². The lowest BCUT2D eigenvalue weighted by Crippen LogP contribution is -2.52. The smallest absolute Gasteiger partial charge is 0.319 e. The number of benzene rings is 2. The van der Waals surface area contributed by atoms with Crippen molar-refractivity contribution in [3.05, 3.63) is 54.1 Å². The van der Waals surface area contributed by atoms with Crippen molar-refractivity contribution in [1.29, 1.82) is 0 Å². The summed E-state index contributed by atoms with van der Waals surface area (Å²) in [6.07, 6.45) is 4.54. The van der Waals surface area contributed by atoms with Crippen LogP contribution in [0, 0.1) is 6.92 Å². The summed E-state index contributed by atoms with van der Waals surface area (Å²) in [6, 6.07) is 17.1. The van der Waals surface area contributed by atoms with E-state index in [9.17, 15) is 4.79 Å². The summed E-state index contributed by atoms with van der Waals surface area (Å²) in [4.78, 5) is 17.5. The fourth-order valence-corrected chi connectivity index (χ4v) is 5.06. The topological polar surface area (TPSA) is 56.8 Å². The fraction of sp³-hybridized carbons (Fsp3) is 0.519. The maximum absolute atomic E-state index is 12.4. The molecule has 0 spiro atoms. The Morgan fingerprint density at radius 1 is 0.970 bits per heavy atom. The number of amides is 2. The molecule has 2 amide bonds. The molecule has 1 saturated carbocycles. The van der Waals surface area contributed by atoms with Crippen LogP contribution in [-0.2, 0) is 0 Å². The van der Waals surface area contributed by atoms with Crippen molar-refractivity contribution in [3.63, 3.8) is 0 Å². The second-order valence-corrected chi connectivity index (χ2v) is 9.63. The highest BCUT2D eigenvalue weighted by molar-refractivity contribution is 5.89. The molecule has 178 valence electrons. The Morgan fingerprint density at radius 2 is 1.70 bits per heavy atom. The molecule has 0 bridgehead atoms. The molecule has 33 heavy (non-hydrogen) atoms. The quantitative estimate of drug-likeness (QED) is 0.648. The highest BCUT2D eigenvalue weighted by Crippen LogP contribution is 2.31. The number of anilines is 2. The first-order chi connectivity index (χ1) is 16.0. The largest absolute Gasteiger partial charge is 0.489 e. The molecular formula is C27H38N4O2. The molecule has 1 aliphatic carbocycles. The molecule has 2 fully saturated rings. The number of aryl methyl sites for hydroxylation is 1. The van der Waals surface area contributed by atoms with Gasteiger partial charge in [0.1, 0.15) is 5.75 Å². The Bertz CT molecular complexity index is 916. The van der Waals surface area contributed by atoms with Gasteiger partial charge in [-0.1, -0.05) is 24.3 Å². The van der Waals surface area contributed by atoms with Gasteiger partial charge in [-0.25, -0.2) is 4.79 Å². The summed E-state index contributed by atoms with van der Waals surface area (Å²) in [5.74, 6) is 0.983. The summed E-state index contributed by atoms with van der Waals surface area (Å²) >= 11 is 0. The Hall–Kier alpha value is -2.73. The number of nitrogens with one attached hydrogen (secondary N) is 2. The molecule has 0 radical (unpaired) electrons. The van der Waals surface area contributed by atoms with E-state index in [-0.39, 0.29) is 18.2 Å². The molecule has 6 heteroatoms. The number of hydrogen-bond donors (Lipinski definition) is 2. The molecule has 0 unspecified atom stereocenters. The molecule has 1 aliphatic heterocycles. The van der Waals surface area contributed by atoms with Crippen LogP contribution in [0.3, 0.4) is 0 Å². The van der Waals surface area contributed by atoms with Gasteiger partial charge in [-0.15, -0.1) is 0 Å². The van der Waals surface area contributed by atoms with Crippen LogP contribution >= 0.6 is 0 Å². The minimum Gasteiger partial charge on any atom is -0.489 e. The summed E-state index contributed by atoms with van der Waals surface area (Å²) < 4.78 is 6.03. The maximum atomic E-state index is 12.4. The molecule has 0 atom stereocenters. The molecular weight excluding hydrogens is 412 g/mol. The molecule has 4 rings (SSSR count). The summed E-state index contributed by atoms with van der Waals surface area (Å²) in [6.45, 7) is 10.4. The number of urea groups is 1. The van der Waals surface area contributed by atoms with Crippen molar-refractivity contribution < 1.29 is 9.53 Å². The van der Waals surface area contributed by atoms with Crippen molar-refractivity contribution in [1.82, 2.24) is 10.2 Å². The number of hydrogen-bond acceptors (Lipinski definition) is 4. The number of piperazine rings is 1. The van der Waals surface area contributed by atoms with E-state index >= 15 is 0 Å². The summed E-state index contributed by atoms with van der Waals surface area (Å²) in [7, 11) is 0. The van der Waals surface area contributed by atoms with Gasteiger partial charge in [0.25, 0.3) is 0 Å². The maximum Gasteiger partial charge on any atom is 0.319 e. The average Bonchev–Trinajstić information content (AvgIpc) is 2.80. The van der Waals surface area contributed by atoms with Crippen LogP contribution in [0.1, 0.15) is 45.1 Å². The van der Waals surface area contributed by atoms with Crippen molar-refractivity contribution >= 4 is 17.4 Å². The first-order valence-corrected chi connectivity index (χ1v) is 12.4. The molecule has 0 aromatic heterocycles. The predicted octanol–water partition coefficient (Wildman–Crippen LogP) is 5.04. The number of ether oxygens (including phenoxy) is 1. The number of carbonyl (C=O) groups excluding carboxylic acids is 1. The minimum atomic E-state index is -0.0973. The van der Waals surface area contributed by atoms with Crippen molar-refractivity contribution in [2.45, 2.75) is 64.6 Å². The van der Waals surface area contributed by atoms with Gasteiger partial charge in [0.05, 0.1) is 11.8 Å². The van der Waals surface area contributed by atoms with Gasteiger partial charge in [0, 0.05) is 44.0 Å². The van der Waals surface area contributed by atoms with Crippen molar-refractivity contribution in [3.8, 4) is 5.75 Å². The number of carbonyl (C=O) groups is 1. The van der Waals surface area contributed by atoms with Gasteiger partial charge in [0.2, 0.25) is 0 Å². The predicted molar refractivity (Wildman–Crippen MR) is 135 cm³/mol. The molecule has 6 nitrogen and oxygen atoms in total. The molecule has 1 saturated heterocycles. The van der Waals surface area contributed by atoms with Crippen LogP contribution in [0.4, 0.5) is 16.2 Å². The number of para-hydroxylation sites is 2. The summed E-state index contributed by atoms with van der Waals surface area (Å²) in [5, 5.41) is 6.13. The van der Waals surface area contributed by atoms with Crippen LogP contribution in [0.25, 0.3) is 0 Å². The highest BCUT2D eigenvalue weighted by Gasteiger charge is 2.29. The van der Waals surface area contributed by atoms with E-state index in [0.29, 0.717) is 6.04 Å². The van der Waals surface area contributed by atoms with Gasteiger partial charge < -0.3 is 20.3 Å². The molecule has 2 aromatic rings. The van der Waals surface area contributed by atoms with Gasteiger partial charge >= 0.3 is 6.03 Å². The van der Waals surface area contributed by atoms with Crippen LogP contribution in [-0.4, -0.2) is 55.3 Å². The first-order valence-electron chi connectivity index (χ1n) is 12.4. The summed E-state index contributed by atoms with van der Waals surface area (Å²) in [5.41, 5.74) is 3.20. The van der Waals surface area contributed by atoms with Gasteiger partial charge in [-0.05, 0) is 76.3 Å². The van der Waals surface area contributed by atoms with E-state index in [1.165, 1.54) is 5.69 Å². The lowest BCUT2D eigenvalue weighted by atomic mass is 9.90. The third-order valence-electron chi connectivity index (χ3n) is 6.71. The normalized spacial score (nSPS) is 21.6. The van der Waals surface area contributed by atoms with Crippen molar-refractivity contribution in [2.75, 3.05) is 36.4 Å². The van der Waals surface area contributed by atoms with Gasteiger partial charge in [-0.3, -0.25) is 4.90 Å². The van der Waals surface area contributed by atoms with Crippen LogP contribution in [0.5, 0.6) is 5.75 Å². The van der Waals surface area contributed by atoms with E-state index in [1.807, 2.05) is 37.3 Å². The molecule has 2 N–H and O–H groups in total. The Morgan fingerprint density at radius 3 is 2.39 bits per heavy atom. The molecule has 2 aliphatic rings. The lowest BCUT2D eigenvalue weighted by molar-refractivity contribution is 0.137. The molecule has 1 heterocycles. The lowest BCUT2D eigenvalue weighted by Gasteiger charge is -2.43. The van der Waals surface area contributed by atoms with Gasteiger partial charge in [0.15, 0.2) is 0 Å². The van der Waals surface area contributed by atoms with Crippen LogP contribution < -0.4 is 20.3 Å². The van der Waals surface area contributed by atoms with Crippen LogP contribution in [0.15, 0.2) is 48.5 Å². The van der Waals surface area contributed by atoms with E-state index in [2.05, 4.69) is 52.5 Å². The average molecular weight is 451 g/mol. The zero-order chi connectivity index (χ0) is 23.2. The Kier molecular flexibility index (Phi) is 7.76. The third-order valence-corrected chi connectivity index (χ3v) is 6.71.